The van der Waals surface area contributed by atoms with E-state index in [9.17, 15) is 14.0 Å². The standard InChI is InChI=1S/C29H38FN5O5/c1-4-11-31-29(37)34(13-12-33-14-16-40-17-15-33)20-28(36)35-25(21-9-10-26(38-2)27(18-21)39-3)19-24(32-35)22-7-5-6-8-23(22)30/h5-10,18,25H,4,11-17,19-20H2,1-3H3,(H,31,37)/t25-/m1/s1. The lowest BCUT2D eigenvalue weighted by Crippen LogP contribution is -2.49. The molecular weight excluding hydrogens is 517 g/mol. The third-order valence-electron chi connectivity index (χ3n) is 7.07. The lowest BCUT2D eigenvalue weighted by molar-refractivity contribution is -0.133. The number of benzene rings is 2. The number of amides is 3. The van der Waals surface area contributed by atoms with Gasteiger partial charge in [-0.25, -0.2) is 14.2 Å². The SMILES string of the molecule is CCCNC(=O)N(CCN1CCOCC1)CC(=O)N1N=C(c2ccccc2F)C[C@@H]1c1ccc(OC)c(OC)c1. The molecule has 0 radical (unpaired) electrons. The van der Waals surface area contributed by atoms with Crippen LogP contribution in [0.25, 0.3) is 0 Å². The number of nitrogens with zero attached hydrogens (tertiary/aromatic N) is 4. The number of methoxy groups -OCH3 is 2. The number of hydrogen-bond donors (Lipinski definition) is 1. The van der Waals surface area contributed by atoms with Gasteiger partial charge in [0, 0.05) is 44.7 Å². The van der Waals surface area contributed by atoms with Crippen molar-refractivity contribution >= 4 is 17.6 Å². The van der Waals surface area contributed by atoms with E-state index in [1.807, 2.05) is 13.0 Å². The first-order valence-corrected chi connectivity index (χ1v) is 13.6. The van der Waals surface area contributed by atoms with Gasteiger partial charge in [-0.05, 0) is 30.2 Å². The first-order chi connectivity index (χ1) is 19.4. The number of halogens is 1. The Balaban J connectivity index is 1.60. The molecule has 1 atom stereocenters. The predicted molar refractivity (Wildman–Crippen MR) is 149 cm³/mol. The van der Waals surface area contributed by atoms with E-state index in [4.69, 9.17) is 14.2 Å². The van der Waals surface area contributed by atoms with E-state index >= 15 is 0 Å². The number of hydrogen-bond acceptors (Lipinski definition) is 7. The average Bonchev–Trinajstić information content (AvgIpc) is 3.43. The monoisotopic (exact) mass is 555 g/mol. The predicted octanol–water partition coefficient (Wildman–Crippen LogP) is 3.27. The molecule has 3 amide bonds. The number of ether oxygens (including phenoxy) is 3. The third kappa shape index (κ3) is 7.08. The van der Waals surface area contributed by atoms with E-state index in [2.05, 4.69) is 15.3 Å². The van der Waals surface area contributed by atoms with Gasteiger partial charge in [-0.1, -0.05) is 31.2 Å². The highest BCUT2D eigenvalue weighted by Gasteiger charge is 2.35. The molecule has 0 spiro atoms. The Bertz CT molecular complexity index is 1200. The van der Waals surface area contributed by atoms with Gasteiger partial charge in [0.05, 0.1) is 39.2 Å². The van der Waals surface area contributed by atoms with Crippen molar-refractivity contribution in [3.8, 4) is 11.5 Å². The molecule has 2 aromatic rings. The molecule has 0 unspecified atom stereocenters. The summed E-state index contributed by atoms with van der Waals surface area (Å²) < 4.78 is 31.0. The molecule has 0 aliphatic carbocycles. The molecule has 1 N–H and O–H groups in total. The van der Waals surface area contributed by atoms with Crippen molar-refractivity contribution in [1.29, 1.82) is 0 Å². The molecule has 2 aliphatic heterocycles. The van der Waals surface area contributed by atoms with E-state index in [1.165, 1.54) is 16.0 Å². The van der Waals surface area contributed by atoms with Crippen LogP contribution in [0.15, 0.2) is 47.6 Å². The number of morpholine rings is 1. The molecular formula is C29H38FN5O5. The van der Waals surface area contributed by atoms with Crippen molar-refractivity contribution in [1.82, 2.24) is 20.1 Å². The van der Waals surface area contributed by atoms with Crippen molar-refractivity contribution in [2.75, 3.05) is 66.7 Å². The fraction of sp³-hybridized carbons (Fsp3) is 0.483. The molecule has 2 aromatic carbocycles. The fourth-order valence-electron chi connectivity index (χ4n) is 4.84. The number of rotatable bonds is 11. The maximum Gasteiger partial charge on any atom is 0.317 e. The van der Waals surface area contributed by atoms with Crippen LogP contribution >= 0.6 is 0 Å². The van der Waals surface area contributed by atoms with Crippen molar-refractivity contribution in [3.63, 3.8) is 0 Å². The van der Waals surface area contributed by atoms with Crippen LogP contribution in [0, 0.1) is 5.82 Å². The van der Waals surface area contributed by atoms with E-state index in [1.54, 1.807) is 44.6 Å². The van der Waals surface area contributed by atoms with E-state index < -0.39 is 11.9 Å². The molecule has 2 heterocycles. The maximum atomic E-state index is 14.7. The topological polar surface area (TPSA) is 95.9 Å². The zero-order valence-electron chi connectivity index (χ0n) is 23.4. The Hall–Kier alpha value is -3.70. The Labute approximate surface area is 234 Å². The molecule has 216 valence electrons. The zero-order valence-corrected chi connectivity index (χ0v) is 23.4. The van der Waals surface area contributed by atoms with Crippen LogP contribution in [-0.4, -0.2) is 99.2 Å². The maximum absolute atomic E-state index is 14.7. The van der Waals surface area contributed by atoms with Gasteiger partial charge in [-0.3, -0.25) is 9.69 Å². The van der Waals surface area contributed by atoms with E-state index in [-0.39, 0.29) is 18.5 Å². The molecule has 40 heavy (non-hydrogen) atoms. The highest BCUT2D eigenvalue weighted by atomic mass is 19.1. The van der Waals surface area contributed by atoms with Gasteiger partial charge in [0.2, 0.25) is 0 Å². The molecule has 11 heteroatoms. The average molecular weight is 556 g/mol. The third-order valence-corrected chi connectivity index (χ3v) is 7.07. The minimum atomic E-state index is -0.512. The van der Waals surface area contributed by atoms with Gasteiger partial charge in [0.15, 0.2) is 11.5 Å². The van der Waals surface area contributed by atoms with Crippen LogP contribution in [0.1, 0.15) is 36.9 Å². The summed E-state index contributed by atoms with van der Waals surface area (Å²) in [6, 6.07) is 11.0. The Morgan fingerprint density at radius 3 is 2.58 bits per heavy atom. The van der Waals surface area contributed by atoms with E-state index in [0.29, 0.717) is 62.0 Å². The Morgan fingerprint density at radius 1 is 1.12 bits per heavy atom. The Morgan fingerprint density at radius 2 is 1.88 bits per heavy atom. The molecule has 4 rings (SSSR count). The van der Waals surface area contributed by atoms with Gasteiger partial charge in [-0.2, -0.15) is 5.10 Å². The van der Waals surface area contributed by atoms with Gasteiger partial charge >= 0.3 is 6.03 Å². The van der Waals surface area contributed by atoms with Crippen LogP contribution < -0.4 is 14.8 Å². The van der Waals surface area contributed by atoms with Gasteiger partial charge in [0.25, 0.3) is 5.91 Å². The summed E-state index contributed by atoms with van der Waals surface area (Å²) in [5.74, 6) is 0.296. The normalized spacial score (nSPS) is 17.4. The molecule has 2 aliphatic rings. The zero-order chi connectivity index (χ0) is 28.5. The lowest BCUT2D eigenvalue weighted by atomic mass is 9.97. The number of carbonyl (C=O) groups is 2. The summed E-state index contributed by atoms with van der Waals surface area (Å²) in [6.07, 6.45) is 1.08. The highest BCUT2D eigenvalue weighted by molar-refractivity contribution is 6.03. The summed E-state index contributed by atoms with van der Waals surface area (Å²) in [4.78, 5) is 30.6. The summed E-state index contributed by atoms with van der Waals surface area (Å²) >= 11 is 0. The largest absolute Gasteiger partial charge is 0.493 e. The lowest BCUT2D eigenvalue weighted by Gasteiger charge is -2.31. The quantitative estimate of drug-likeness (QED) is 0.457. The molecule has 0 bridgehead atoms. The fourth-order valence-corrected chi connectivity index (χ4v) is 4.84. The van der Waals surface area contributed by atoms with Gasteiger partial charge in [0.1, 0.15) is 12.4 Å². The van der Waals surface area contributed by atoms with Crippen molar-refractivity contribution in [3.05, 3.63) is 59.4 Å². The summed E-state index contributed by atoms with van der Waals surface area (Å²) in [5, 5.41) is 8.86. The first kappa shape index (κ1) is 29.3. The van der Waals surface area contributed by atoms with Crippen molar-refractivity contribution < 1.29 is 28.2 Å². The van der Waals surface area contributed by atoms with Crippen LogP contribution in [-0.2, 0) is 9.53 Å². The summed E-state index contributed by atoms with van der Waals surface area (Å²) in [6.45, 7) is 6.17. The summed E-state index contributed by atoms with van der Waals surface area (Å²) in [7, 11) is 3.10. The smallest absolute Gasteiger partial charge is 0.317 e. The minimum Gasteiger partial charge on any atom is -0.493 e. The van der Waals surface area contributed by atoms with Crippen LogP contribution in [0.2, 0.25) is 0 Å². The Kier molecular flexibility index (Phi) is 10.3. The van der Waals surface area contributed by atoms with Crippen LogP contribution in [0.5, 0.6) is 11.5 Å². The number of carbonyl (C=O) groups excluding carboxylic acids is 2. The van der Waals surface area contributed by atoms with Gasteiger partial charge in [-0.15, -0.1) is 0 Å². The second-order valence-electron chi connectivity index (χ2n) is 9.71. The highest BCUT2D eigenvalue weighted by Crippen LogP contribution is 2.37. The van der Waals surface area contributed by atoms with Gasteiger partial charge < -0.3 is 24.4 Å². The molecule has 0 aromatic heterocycles. The van der Waals surface area contributed by atoms with Crippen molar-refractivity contribution in [2.24, 2.45) is 5.10 Å². The first-order valence-electron chi connectivity index (χ1n) is 13.6. The van der Waals surface area contributed by atoms with Crippen LogP contribution in [0.4, 0.5) is 9.18 Å². The number of hydrazone groups is 1. The second kappa shape index (κ2) is 14.1. The van der Waals surface area contributed by atoms with E-state index in [0.717, 1.165) is 25.1 Å². The number of nitrogens with one attached hydrogen (secondary N) is 1. The molecule has 1 saturated heterocycles. The second-order valence-corrected chi connectivity index (χ2v) is 9.71. The molecule has 1 fully saturated rings. The van der Waals surface area contributed by atoms with Crippen molar-refractivity contribution in [2.45, 2.75) is 25.8 Å². The number of urea groups is 1. The summed E-state index contributed by atoms with van der Waals surface area (Å²) in [5.41, 5.74) is 1.56. The molecule has 0 saturated carbocycles. The minimum absolute atomic E-state index is 0.169. The van der Waals surface area contributed by atoms with Crippen LogP contribution in [0.3, 0.4) is 0 Å². The molecule has 10 nitrogen and oxygen atoms in total.